The Labute approximate surface area is 74.7 Å². The predicted octanol–water partition coefficient (Wildman–Crippen LogP) is 1.31. The summed E-state index contributed by atoms with van der Waals surface area (Å²) in [5, 5.41) is 12.7. The van der Waals surface area contributed by atoms with E-state index in [1.54, 1.807) is 0 Å². The molecule has 1 rings (SSSR count). The predicted molar refractivity (Wildman–Crippen MR) is 51.0 cm³/mol. The minimum Gasteiger partial charge on any atom is -0.392 e. The van der Waals surface area contributed by atoms with Gasteiger partial charge < -0.3 is 10.4 Å². The van der Waals surface area contributed by atoms with Gasteiger partial charge in [-0.05, 0) is 25.2 Å². The third kappa shape index (κ3) is 3.37. The number of aliphatic hydroxyl groups is 1. The van der Waals surface area contributed by atoms with Gasteiger partial charge in [-0.3, -0.25) is 0 Å². The Morgan fingerprint density at radius 2 is 2.33 bits per heavy atom. The van der Waals surface area contributed by atoms with E-state index in [2.05, 4.69) is 18.8 Å². The molecule has 0 heterocycles. The van der Waals surface area contributed by atoms with E-state index in [0.717, 1.165) is 19.5 Å². The monoisotopic (exact) mass is 169 g/mol. The molecule has 0 aromatic rings. The van der Waals surface area contributed by atoms with Crippen molar-refractivity contribution in [1.29, 1.82) is 0 Å². The van der Waals surface area contributed by atoms with Gasteiger partial charge in [-0.25, -0.2) is 0 Å². The van der Waals surface area contributed by atoms with Crippen molar-refractivity contribution < 1.29 is 5.11 Å². The van der Waals surface area contributed by atoms with Crippen LogP contribution in [0.5, 0.6) is 0 Å². The Morgan fingerprint density at radius 1 is 1.67 bits per heavy atom. The molecule has 1 fully saturated rings. The van der Waals surface area contributed by atoms with Gasteiger partial charge in [0, 0.05) is 13.1 Å². The van der Waals surface area contributed by atoms with Crippen LogP contribution < -0.4 is 5.32 Å². The van der Waals surface area contributed by atoms with Gasteiger partial charge in [-0.15, -0.1) is 0 Å². The van der Waals surface area contributed by atoms with Gasteiger partial charge in [0.15, 0.2) is 0 Å². The van der Waals surface area contributed by atoms with E-state index in [4.69, 9.17) is 0 Å². The molecule has 1 unspecified atom stereocenters. The molecule has 1 atom stereocenters. The first kappa shape index (κ1) is 9.75. The SMILES string of the molecule is C=C(CC)CNCC(O)C1CC1. The summed E-state index contributed by atoms with van der Waals surface area (Å²) in [4.78, 5) is 0. The van der Waals surface area contributed by atoms with Crippen molar-refractivity contribution in [3.8, 4) is 0 Å². The molecule has 0 amide bonds. The summed E-state index contributed by atoms with van der Waals surface area (Å²) in [5.41, 5.74) is 1.21. The minimum atomic E-state index is -0.130. The lowest BCUT2D eigenvalue weighted by Crippen LogP contribution is -2.29. The topological polar surface area (TPSA) is 32.3 Å². The number of nitrogens with one attached hydrogen (secondary N) is 1. The molecule has 2 heteroatoms. The molecule has 1 aliphatic rings. The van der Waals surface area contributed by atoms with E-state index in [-0.39, 0.29) is 6.10 Å². The van der Waals surface area contributed by atoms with Crippen LogP contribution >= 0.6 is 0 Å². The molecule has 0 spiro atoms. The van der Waals surface area contributed by atoms with E-state index in [1.807, 2.05) is 0 Å². The first-order chi connectivity index (χ1) is 5.74. The fraction of sp³-hybridized carbons (Fsp3) is 0.800. The summed E-state index contributed by atoms with van der Waals surface area (Å²) in [6, 6.07) is 0. The van der Waals surface area contributed by atoms with Crippen LogP contribution in [-0.2, 0) is 0 Å². The maximum absolute atomic E-state index is 9.48. The lowest BCUT2D eigenvalue weighted by Gasteiger charge is -2.10. The molecule has 70 valence electrons. The summed E-state index contributed by atoms with van der Waals surface area (Å²) in [6.07, 6.45) is 3.30. The van der Waals surface area contributed by atoms with Gasteiger partial charge in [-0.1, -0.05) is 19.1 Å². The third-order valence-electron chi connectivity index (χ3n) is 2.39. The van der Waals surface area contributed by atoms with E-state index < -0.39 is 0 Å². The zero-order chi connectivity index (χ0) is 8.97. The molecule has 12 heavy (non-hydrogen) atoms. The van der Waals surface area contributed by atoms with Crippen LogP contribution in [0.4, 0.5) is 0 Å². The highest BCUT2D eigenvalue weighted by molar-refractivity contribution is 4.95. The average molecular weight is 169 g/mol. The second-order valence-corrected chi connectivity index (χ2v) is 3.64. The molecule has 0 saturated heterocycles. The molecule has 0 aliphatic heterocycles. The van der Waals surface area contributed by atoms with Crippen LogP contribution in [0.3, 0.4) is 0 Å². The van der Waals surface area contributed by atoms with Crippen molar-refractivity contribution in [3.05, 3.63) is 12.2 Å². The van der Waals surface area contributed by atoms with Crippen LogP contribution in [0.25, 0.3) is 0 Å². The minimum absolute atomic E-state index is 0.130. The Bertz CT molecular complexity index is 152. The van der Waals surface area contributed by atoms with E-state index in [9.17, 15) is 5.11 Å². The Morgan fingerprint density at radius 3 is 2.83 bits per heavy atom. The first-order valence-electron chi connectivity index (χ1n) is 4.79. The van der Waals surface area contributed by atoms with Crippen LogP contribution in [-0.4, -0.2) is 24.3 Å². The molecule has 0 bridgehead atoms. The molecule has 2 nitrogen and oxygen atoms in total. The summed E-state index contributed by atoms with van der Waals surface area (Å²) in [7, 11) is 0. The first-order valence-corrected chi connectivity index (χ1v) is 4.79. The van der Waals surface area contributed by atoms with Gasteiger partial charge in [0.05, 0.1) is 6.10 Å². The molecular weight excluding hydrogens is 150 g/mol. The highest BCUT2D eigenvalue weighted by Gasteiger charge is 2.28. The Balaban J connectivity index is 1.97. The third-order valence-corrected chi connectivity index (χ3v) is 2.39. The van der Waals surface area contributed by atoms with Gasteiger partial charge in [0.1, 0.15) is 0 Å². The lowest BCUT2D eigenvalue weighted by atomic mass is 10.2. The summed E-state index contributed by atoms with van der Waals surface area (Å²) < 4.78 is 0. The highest BCUT2D eigenvalue weighted by atomic mass is 16.3. The largest absolute Gasteiger partial charge is 0.392 e. The number of aliphatic hydroxyl groups excluding tert-OH is 1. The normalized spacial score (nSPS) is 19.2. The molecule has 1 aliphatic carbocycles. The van der Waals surface area contributed by atoms with E-state index in [0.29, 0.717) is 5.92 Å². The second-order valence-electron chi connectivity index (χ2n) is 3.64. The summed E-state index contributed by atoms with van der Waals surface area (Å²) in [6.45, 7) is 7.56. The maximum Gasteiger partial charge on any atom is 0.0692 e. The molecule has 0 radical (unpaired) electrons. The smallest absolute Gasteiger partial charge is 0.0692 e. The van der Waals surface area contributed by atoms with Crippen LogP contribution in [0.1, 0.15) is 26.2 Å². The number of hydrogen-bond acceptors (Lipinski definition) is 2. The van der Waals surface area contributed by atoms with Gasteiger partial charge in [-0.2, -0.15) is 0 Å². The second kappa shape index (κ2) is 4.63. The standard InChI is InChI=1S/C10H19NO/c1-3-8(2)6-11-7-10(12)9-4-5-9/h9-12H,2-7H2,1H3. The fourth-order valence-electron chi connectivity index (χ4n) is 1.17. The zero-order valence-electron chi connectivity index (χ0n) is 7.84. The number of rotatable bonds is 6. The lowest BCUT2D eigenvalue weighted by molar-refractivity contribution is 0.150. The highest BCUT2D eigenvalue weighted by Crippen LogP contribution is 2.32. The quantitative estimate of drug-likeness (QED) is 0.588. The fourth-order valence-corrected chi connectivity index (χ4v) is 1.17. The van der Waals surface area contributed by atoms with Gasteiger partial charge in [0.25, 0.3) is 0 Å². The van der Waals surface area contributed by atoms with Gasteiger partial charge >= 0.3 is 0 Å². The van der Waals surface area contributed by atoms with Crippen molar-refractivity contribution in [2.24, 2.45) is 5.92 Å². The Hall–Kier alpha value is -0.340. The molecule has 0 aromatic heterocycles. The van der Waals surface area contributed by atoms with Crippen molar-refractivity contribution in [1.82, 2.24) is 5.32 Å². The molecular formula is C10H19NO. The molecule has 2 N–H and O–H groups in total. The van der Waals surface area contributed by atoms with Crippen molar-refractivity contribution >= 4 is 0 Å². The average Bonchev–Trinajstić information content (AvgIpc) is 2.86. The van der Waals surface area contributed by atoms with Crippen molar-refractivity contribution in [2.75, 3.05) is 13.1 Å². The molecule has 1 saturated carbocycles. The van der Waals surface area contributed by atoms with Crippen LogP contribution in [0.15, 0.2) is 12.2 Å². The summed E-state index contributed by atoms with van der Waals surface area (Å²) >= 11 is 0. The maximum atomic E-state index is 9.48. The number of hydrogen-bond donors (Lipinski definition) is 2. The van der Waals surface area contributed by atoms with Gasteiger partial charge in [0.2, 0.25) is 0 Å². The van der Waals surface area contributed by atoms with Crippen molar-refractivity contribution in [2.45, 2.75) is 32.3 Å². The Kier molecular flexibility index (Phi) is 3.76. The van der Waals surface area contributed by atoms with Crippen LogP contribution in [0.2, 0.25) is 0 Å². The van der Waals surface area contributed by atoms with E-state index in [1.165, 1.54) is 18.4 Å². The van der Waals surface area contributed by atoms with Crippen molar-refractivity contribution in [3.63, 3.8) is 0 Å². The van der Waals surface area contributed by atoms with E-state index >= 15 is 0 Å². The summed E-state index contributed by atoms with van der Waals surface area (Å²) in [5.74, 6) is 0.576. The van der Waals surface area contributed by atoms with Crippen LogP contribution in [0, 0.1) is 5.92 Å². The zero-order valence-corrected chi connectivity index (χ0v) is 7.84. The molecule has 0 aromatic carbocycles.